The molecule has 3 N–H and O–H groups in total. The zero-order chi connectivity index (χ0) is 20.4. The predicted octanol–water partition coefficient (Wildman–Crippen LogP) is 1.40. The van der Waals surface area contributed by atoms with Gasteiger partial charge in [-0.1, -0.05) is 18.6 Å². The van der Waals surface area contributed by atoms with Gasteiger partial charge < -0.3 is 20.9 Å². The lowest BCUT2D eigenvalue weighted by molar-refractivity contribution is -0.127. The van der Waals surface area contributed by atoms with E-state index < -0.39 is 0 Å². The zero-order valence-electron chi connectivity index (χ0n) is 17.3. The Labute approximate surface area is 168 Å². The number of carbonyl (C=O) groups is 2. The summed E-state index contributed by atoms with van der Waals surface area (Å²) in [6, 6.07) is 7.71. The number of guanidine groups is 1. The second-order valence-electron chi connectivity index (χ2n) is 7.35. The Morgan fingerprint density at radius 1 is 1.11 bits per heavy atom. The molecule has 0 radical (unpaired) electrons. The van der Waals surface area contributed by atoms with Crippen LogP contribution < -0.4 is 16.0 Å². The fourth-order valence-electron chi connectivity index (χ4n) is 2.99. The van der Waals surface area contributed by atoms with Crippen molar-refractivity contribution in [3.63, 3.8) is 0 Å². The second kappa shape index (κ2) is 11.3. The van der Waals surface area contributed by atoms with E-state index in [9.17, 15) is 9.59 Å². The molecule has 1 aromatic carbocycles. The number of benzene rings is 1. The quantitative estimate of drug-likeness (QED) is 0.340. The van der Waals surface area contributed by atoms with E-state index in [2.05, 4.69) is 20.9 Å². The molecule has 0 heterocycles. The molecule has 0 bridgehead atoms. The topological polar surface area (TPSA) is 85.8 Å². The number of rotatable bonds is 9. The van der Waals surface area contributed by atoms with Gasteiger partial charge in [-0.15, -0.1) is 0 Å². The molecule has 7 heteroatoms. The maximum Gasteiger partial charge on any atom is 0.253 e. The van der Waals surface area contributed by atoms with Gasteiger partial charge in [0.25, 0.3) is 5.91 Å². The first-order valence-corrected chi connectivity index (χ1v) is 10.0. The van der Waals surface area contributed by atoms with Crippen molar-refractivity contribution < 1.29 is 9.59 Å². The van der Waals surface area contributed by atoms with Gasteiger partial charge in [0, 0.05) is 52.3 Å². The first-order valence-electron chi connectivity index (χ1n) is 10.0. The third-order valence-electron chi connectivity index (χ3n) is 4.93. The molecule has 28 heavy (non-hydrogen) atoms. The van der Waals surface area contributed by atoms with E-state index in [1.54, 1.807) is 26.0 Å². The normalized spacial score (nSPS) is 14.2. The lowest BCUT2D eigenvalue weighted by atomic mass is 9.85. The summed E-state index contributed by atoms with van der Waals surface area (Å²) in [7, 11) is 5.25. The van der Waals surface area contributed by atoms with Crippen LogP contribution in [0.1, 0.15) is 41.6 Å². The Bertz CT molecular complexity index is 683. The van der Waals surface area contributed by atoms with E-state index >= 15 is 0 Å². The highest BCUT2D eigenvalue weighted by molar-refractivity contribution is 5.94. The molecule has 0 aliphatic heterocycles. The van der Waals surface area contributed by atoms with Crippen LogP contribution in [0.2, 0.25) is 0 Å². The Balaban J connectivity index is 1.63. The molecule has 0 aromatic heterocycles. The molecule has 0 atom stereocenters. The van der Waals surface area contributed by atoms with Crippen molar-refractivity contribution in [2.75, 3.05) is 40.8 Å². The zero-order valence-corrected chi connectivity index (χ0v) is 17.3. The number of amides is 2. The minimum atomic E-state index is 0.0108. The van der Waals surface area contributed by atoms with Crippen molar-refractivity contribution in [1.82, 2.24) is 20.9 Å². The summed E-state index contributed by atoms with van der Waals surface area (Å²) >= 11 is 0. The van der Waals surface area contributed by atoms with Gasteiger partial charge in [0.05, 0.1) is 0 Å². The third-order valence-corrected chi connectivity index (χ3v) is 4.93. The highest BCUT2D eigenvalue weighted by atomic mass is 16.2. The minimum Gasteiger partial charge on any atom is -0.356 e. The van der Waals surface area contributed by atoms with Crippen LogP contribution in [0.4, 0.5) is 0 Å². The van der Waals surface area contributed by atoms with Gasteiger partial charge in [-0.2, -0.15) is 0 Å². The number of hydrogen-bond acceptors (Lipinski definition) is 3. The summed E-state index contributed by atoms with van der Waals surface area (Å²) in [6.07, 6.45) is 4.90. The fourth-order valence-corrected chi connectivity index (χ4v) is 2.99. The number of aliphatic imine (C=N–C) groups is 1. The van der Waals surface area contributed by atoms with E-state index in [1.807, 2.05) is 24.3 Å². The van der Waals surface area contributed by atoms with E-state index in [4.69, 9.17) is 0 Å². The summed E-state index contributed by atoms with van der Waals surface area (Å²) < 4.78 is 0. The van der Waals surface area contributed by atoms with Crippen molar-refractivity contribution in [2.45, 2.75) is 32.1 Å². The number of hydrogen-bond donors (Lipinski definition) is 3. The highest BCUT2D eigenvalue weighted by Crippen LogP contribution is 2.25. The Kier molecular flexibility index (Phi) is 8.78. The Hall–Kier alpha value is -2.57. The molecular formula is C21H33N5O2. The van der Waals surface area contributed by atoms with Crippen molar-refractivity contribution >= 4 is 17.8 Å². The summed E-state index contributed by atoms with van der Waals surface area (Å²) in [5.41, 5.74) is 1.81. The summed E-state index contributed by atoms with van der Waals surface area (Å²) in [5.74, 6) is 1.19. The van der Waals surface area contributed by atoms with Crippen LogP contribution in [0, 0.1) is 5.92 Å². The molecule has 1 aliphatic rings. The van der Waals surface area contributed by atoms with Crippen LogP contribution in [0.5, 0.6) is 0 Å². The van der Waals surface area contributed by atoms with E-state index in [-0.39, 0.29) is 17.7 Å². The number of carbonyl (C=O) groups excluding carboxylic acids is 2. The second-order valence-corrected chi connectivity index (χ2v) is 7.35. The van der Waals surface area contributed by atoms with Gasteiger partial charge in [0.15, 0.2) is 5.96 Å². The van der Waals surface area contributed by atoms with Crippen molar-refractivity contribution in [3.05, 3.63) is 35.4 Å². The largest absolute Gasteiger partial charge is 0.356 e. The lowest BCUT2D eigenvalue weighted by Gasteiger charge is -2.24. The smallest absolute Gasteiger partial charge is 0.253 e. The van der Waals surface area contributed by atoms with Crippen LogP contribution in [0.25, 0.3) is 0 Å². The summed E-state index contributed by atoms with van der Waals surface area (Å²) in [4.78, 5) is 29.6. The molecule has 1 saturated carbocycles. The van der Waals surface area contributed by atoms with E-state index in [0.29, 0.717) is 12.1 Å². The molecule has 1 fully saturated rings. The number of nitrogens with zero attached hydrogens (tertiary/aromatic N) is 2. The van der Waals surface area contributed by atoms with Crippen molar-refractivity contribution in [2.24, 2.45) is 10.9 Å². The van der Waals surface area contributed by atoms with Gasteiger partial charge in [0.1, 0.15) is 0 Å². The molecule has 0 unspecified atom stereocenters. The van der Waals surface area contributed by atoms with Gasteiger partial charge in [-0.3, -0.25) is 14.6 Å². The van der Waals surface area contributed by atoms with Gasteiger partial charge in [0.2, 0.25) is 5.91 Å². The van der Waals surface area contributed by atoms with Crippen molar-refractivity contribution in [3.8, 4) is 0 Å². The molecule has 1 aliphatic carbocycles. The maximum atomic E-state index is 12.1. The van der Waals surface area contributed by atoms with Crippen LogP contribution in [-0.4, -0.2) is 63.5 Å². The molecule has 7 nitrogen and oxygen atoms in total. The van der Waals surface area contributed by atoms with Gasteiger partial charge in [-0.25, -0.2) is 0 Å². The summed E-state index contributed by atoms with van der Waals surface area (Å²) in [5, 5.41) is 9.53. The maximum absolute atomic E-state index is 12.1. The van der Waals surface area contributed by atoms with E-state index in [0.717, 1.165) is 50.3 Å². The van der Waals surface area contributed by atoms with Gasteiger partial charge >= 0.3 is 0 Å². The van der Waals surface area contributed by atoms with Crippen LogP contribution >= 0.6 is 0 Å². The first kappa shape index (κ1) is 21.7. The highest BCUT2D eigenvalue weighted by Gasteiger charge is 2.24. The first-order chi connectivity index (χ1) is 13.5. The summed E-state index contributed by atoms with van der Waals surface area (Å²) in [6.45, 7) is 2.15. The van der Waals surface area contributed by atoms with Crippen molar-refractivity contribution in [1.29, 1.82) is 0 Å². The molecule has 1 aromatic rings. The SMILES string of the molecule is CN=C(NCCCNC(=O)C1CCC1)NCCc1cccc(C(=O)N(C)C)c1. The molecule has 0 saturated heterocycles. The predicted molar refractivity (Wildman–Crippen MR) is 112 cm³/mol. The molecule has 0 spiro atoms. The third kappa shape index (κ3) is 6.87. The fraction of sp³-hybridized carbons (Fsp3) is 0.571. The number of nitrogens with one attached hydrogen (secondary N) is 3. The Morgan fingerprint density at radius 2 is 1.82 bits per heavy atom. The average Bonchev–Trinajstić information content (AvgIpc) is 2.64. The molecule has 2 amide bonds. The van der Waals surface area contributed by atoms with E-state index in [1.165, 1.54) is 6.42 Å². The van der Waals surface area contributed by atoms with Crippen LogP contribution in [-0.2, 0) is 11.2 Å². The van der Waals surface area contributed by atoms with Gasteiger partial charge in [-0.05, 0) is 43.4 Å². The monoisotopic (exact) mass is 387 g/mol. The average molecular weight is 388 g/mol. The standard InChI is InChI=1S/C21H33N5O2/c1-22-21(24-13-6-12-23-19(27)17-8-5-9-17)25-14-11-16-7-4-10-18(15-16)20(28)26(2)3/h4,7,10,15,17H,5-6,8-9,11-14H2,1-3H3,(H,23,27)(H2,22,24,25). The minimum absolute atomic E-state index is 0.0108. The van der Waals surface area contributed by atoms with Crippen LogP contribution in [0.15, 0.2) is 29.3 Å². The van der Waals surface area contributed by atoms with Crippen LogP contribution in [0.3, 0.4) is 0 Å². The molecule has 154 valence electrons. The molecule has 2 rings (SSSR count). The molecular weight excluding hydrogens is 354 g/mol. The lowest BCUT2D eigenvalue weighted by Crippen LogP contribution is -2.40. The Morgan fingerprint density at radius 3 is 2.46 bits per heavy atom.